The van der Waals surface area contributed by atoms with Crippen LogP contribution in [0.5, 0.6) is 0 Å². The highest BCUT2D eigenvalue weighted by Gasteiger charge is 2.40. The average Bonchev–Trinajstić information content (AvgIpc) is 2.48. The minimum atomic E-state index is 0.0307. The van der Waals surface area contributed by atoms with Gasteiger partial charge in [0, 0.05) is 4.88 Å². The van der Waals surface area contributed by atoms with Crippen molar-refractivity contribution in [2.24, 2.45) is 0 Å². The molecule has 0 saturated carbocycles. The first kappa shape index (κ1) is 7.78. The van der Waals surface area contributed by atoms with Gasteiger partial charge in [0.15, 0.2) is 0 Å². The summed E-state index contributed by atoms with van der Waals surface area (Å²) < 4.78 is 5.17. The minimum absolute atomic E-state index is 0.0307. The van der Waals surface area contributed by atoms with Crippen molar-refractivity contribution in [3.8, 4) is 6.07 Å². The monoisotopic (exact) mass is 179 g/mol. The first-order valence-electron chi connectivity index (χ1n) is 3.86. The van der Waals surface area contributed by atoms with Crippen LogP contribution in [-0.2, 0) is 10.2 Å². The fourth-order valence-electron chi connectivity index (χ4n) is 1.41. The second kappa shape index (κ2) is 2.89. The Hall–Kier alpha value is -0.850. The van der Waals surface area contributed by atoms with Crippen molar-refractivity contribution >= 4 is 11.3 Å². The molecule has 1 aliphatic heterocycles. The van der Waals surface area contributed by atoms with Gasteiger partial charge in [0.2, 0.25) is 0 Å². The molecular formula is C9H9NOS. The topological polar surface area (TPSA) is 33.0 Å². The van der Waals surface area contributed by atoms with Gasteiger partial charge in [-0.2, -0.15) is 5.26 Å². The lowest BCUT2D eigenvalue weighted by Gasteiger charge is -2.38. The fraction of sp³-hybridized carbons (Fsp3) is 0.444. The van der Waals surface area contributed by atoms with Crippen LogP contribution in [0.4, 0.5) is 0 Å². The quantitative estimate of drug-likeness (QED) is 0.695. The number of hydrogen-bond donors (Lipinski definition) is 0. The van der Waals surface area contributed by atoms with E-state index in [-0.39, 0.29) is 5.41 Å². The van der Waals surface area contributed by atoms with E-state index in [1.165, 1.54) is 4.88 Å². The van der Waals surface area contributed by atoms with Crippen LogP contribution in [-0.4, -0.2) is 13.2 Å². The van der Waals surface area contributed by atoms with Gasteiger partial charge in [-0.3, -0.25) is 0 Å². The molecule has 3 heteroatoms. The van der Waals surface area contributed by atoms with Gasteiger partial charge >= 0.3 is 0 Å². The summed E-state index contributed by atoms with van der Waals surface area (Å²) in [5, 5.41) is 10.7. The maximum Gasteiger partial charge on any atom is 0.0643 e. The Kier molecular flexibility index (Phi) is 1.87. The summed E-state index contributed by atoms with van der Waals surface area (Å²) in [4.78, 5) is 1.29. The molecular weight excluding hydrogens is 170 g/mol. The molecule has 2 heterocycles. The van der Waals surface area contributed by atoms with Crippen molar-refractivity contribution in [3.63, 3.8) is 0 Å². The molecule has 0 N–H and O–H groups in total. The standard InChI is InChI=1S/C9H9NOS/c10-4-3-9(6-11-7-9)8-2-1-5-12-8/h1-2,5H,3,6-7H2. The molecule has 0 aliphatic carbocycles. The Morgan fingerprint density at radius 3 is 2.92 bits per heavy atom. The van der Waals surface area contributed by atoms with E-state index in [2.05, 4.69) is 12.1 Å². The molecule has 0 unspecified atom stereocenters. The molecule has 0 amide bonds. The summed E-state index contributed by atoms with van der Waals surface area (Å²) in [5.41, 5.74) is 0.0307. The smallest absolute Gasteiger partial charge is 0.0643 e. The van der Waals surface area contributed by atoms with Crippen LogP contribution in [0.3, 0.4) is 0 Å². The van der Waals surface area contributed by atoms with E-state index < -0.39 is 0 Å². The highest BCUT2D eigenvalue weighted by atomic mass is 32.1. The molecule has 2 nitrogen and oxygen atoms in total. The van der Waals surface area contributed by atoms with Gasteiger partial charge in [0.25, 0.3) is 0 Å². The van der Waals surface area contributed by atoms with Crippen LogP contribution < -0.4 is 0 Å². The first-order valence-corrected chi connectivity index (χ1v) is 4.74. The number of thiophene rings is 1. The second-order valence-electron chi connectivity index (χ2n) is 3.09. The summed E-state index contributed by atoms with van der Waals surface area (Å²) in [6.45, 7) is 1.42. The molecule has 12 heavy (non-hydrogen) atoms. The third-order valence-corrected chi connectivity index (χ3v) is 3.33. The molecule has 0 spiro atoms. The Morgan fingerprint density at radius 2 is 2.50 bits per heavy atom. The Labute approximate surface area is 75.4 Å². The van der Waals surface area contributed by atoms with E-state index in [1.54, 1.807) is 11.3 Å². The summed E-state index contributed by atoms with van der Waals surface area (Å²) in [7, 11) is 0. The second-order valence-corrected chi connectivity index (χ2v) is 4.03. The lowest BCUT2D eigenvalue weighted by atomic mass is 9.81. The molecule has 1 aromatic heterocycles. The highest BCUT2D eigenvalue weighted by Crippen LogP contribution is 2.37. The minimum Gasteiger partial charge on any atom is -0.379 e. The number of nitrogens with zero attached hydrogens (tertiary/aromatic N) is 1. The Bertz CT molecular complexity index is 295. The number of ether oxygens (including phenoxy) is 1. The van der Waals surface area contributed by atoms with Crippen LogP contribution in [0.1, 0.15) is 11.3 Å². The van der Waals surface area contributed by atoms with Gasteiger partial charge < -0.3 is 4.74 Å². The van der Waals surface area contributed by atoms with Gasteiger partial charge in [0.1, 0.15) is 0 Å². The summed E-state index contributed by atoms with van der Waals surface area (Å²) in [5.74, 6) is 0. The average molecular weight is 179 g/mol. The highest BCUT2D eigenvalue weighted by molar-refractivity contribution is 7.10. The zero-order valence-corrected chi connectivity index (χ0v) is 7.43. The normalized spacial score (nSPS) is 19.6. The molecule has 0 radical (unpaired) electrons. The molecule has 1 saturated heterocycles. The molecule has 2 rings (SSSR count). The molecule has 1 aromatic rings. The van der Waals surface area contributed by atoms with Crippen molar-refractivity contribution in [3.05, 3.63) is 22.4 Å². The van der Waals surface area contributed by atoms with Crippen LogP contribution in [0.15, 0.2) is 17.5 Å². The van der Waals surface area contributed by atoms with Crippen molar-refractivity contribution in [1.82, 2.24) is 0 Å². The maximum atomic E-state index is 8.66. The number of hydrogen-bond acceptors (Lipinski definition) is 3. The van der Waals surface area contributed by atoms with Crippen LogP contribution >= 0.6 is 11.3 Å². The van der Waals surface area contributed by atoms with Crippen molar-refractivity contribution in [2.75, 3.05) is 13.2 Å². The molecule has 0 atom stereocenters. The molecule has 0 bridgehead atoms. The lowest BCUT2D eigenvalue weighted by Crippen LogP contribution is -2.45. The van der Waals surface area contributed by atoms with Gasteiger partial charge in [-0.05, 0) is 11.4 Å². The van der Waals surface area contributed by atoms with Gasteiger partial charge in [-0.1, -0.05) is 6.07 Å². The van der Waals surface area contributed by atoms with Crippen molar-refractivity contribution in [2.45, 2.75) is 11.8 Å². The third-order valence-electron chi connectivity index (χ3n) is 2.22. The Morgan fingerprint density at radius 1 is 1.67 bits per heavy atom. The van der Waals surface area contributed by atoms with Crippen molar-refractivity contribution in [1.29, 1.82) is 5.26 Å². The van der Waals surface area contributed by atoms with E-state index >= 15 is 0 Å². The number of rotatable bonds is 2. The van der Waals surface area contributed by atoms with Crippen LogP contribution in [0, 0.1) is 11.3 Å². The fourth-order valence-corrected chi connectivity index (χ4v) is 2.31. The van der Waals surface area contributed by atoms with Gasteiger partial charge in [0.05, 0.1) is 31.1 Å². The largest absolute Gasteiger partial charge is 0.379 e. The van der Waals surface area contributed by atoms with E-state index in [1.807, 2.05) is 11.4 Å². The molecule has 0 aromatic carbocycles. The van der Waals surface area contributed by atoms with E-state index in [0.29, 0.717) is 19.6 Å². The molecule has 62 valence electrons. The van der Waals surface area contributed by atoms with E-state index in [9.17, 15) is 0 Å². The van der Waals surface area contributed by atoms with Gasteiger partial charge in [-0.15, -0.1) is 11.3 Å². The molecule has 1 aliphatic rings. The van der Waals surface area contributed by atoms with E-state index in [4.69, 9.17) is 10.00 Å². The lowest BCUT2D eigenvalue weighted by molar-refractivity contribution is -0.0558. The van der Waals surface area contributed by atoms with E-state index in [0.717, 1.165) is 0 Å². The predicted octanol–water partition coefficient (Wildman–Crippen LogP) is 1.93. The predicted molar refractivity (Wildman–Crippen MR) is 47.0 cm³/mol. The summed E-state index contributed by atoms with van der Waals surface area (Å²) in [6.07, 6.45) is 0.577. The zero-order valence-electron chi connectivity index (χ0n) is 6.62. The SMILES string of the molecule is N#CCC1(c2cccs2)COC1. The Balaban J connectivity index is 2.24. The van der Waals surface area contributed by atoms with Crippen LogP contribution in [0.2, 0.25) is 0 Å². The summed E-state index contributed by atoms with van der Waals surface area (Å²) in [6, 6.07) is 6.34. The first-order chi connectivity index (χ1) is 5.87. The van der Waals surface area contributed by atoms with Gasteiger partial charge in [-0.25, -0.2) is 0 Å². The summed E-state index contributed by atoms with van der Waals surface area (Å²) >= 11 is 1.71. The molecule has 1 fully saturated rings. The zero-order chi connectivity index (χ0) is 8.44. The number of nitriles is 1. The van der Waals surface area contributed by atoms with Crippen LogP contribution in [0.25, 0.3) is 0 Å². The third kappa shape index (κ3) is 1.04. The maximum absolute atomic E-state index is 8.66. The van der Waals surface area contributed by atoms with Crippen molar-refractivity contribution < 1.29 is 4.74 Å².